The van der Waals surface area contributed by atoms with Crippen LogP contribution in [-0.4, -0.2) is 16.9 Å². The first kappa shape index (κ1) is 18.2. The van der Waals surface area contributed by atoms with Crippen molar-refractivity contribution in [3.05, 3.63) is 71.2 Å². The topological polar surface area (TPSA) is 44.9 Å². The molecule has 0 bridgehead atoms. The van der Waals surface area contributed by atoms with Gasteiger partial charge < -0.3 is 10.3 Å². The molecular weight excluding hydrogens is 327 g/mol. The molecule has 1 amide bonds. The lowest BCUT2D eigenvalue weighted by Crippen LogP contribution is -2.31. The monoisotopic (exact) mass is 352 g/mol. The predicted molar refractivity (Wildman–Crippen MR) is 104 cm³/mol. The first-order chi connectivity index (χ1) is 12.5. The quantitative estimate of drug-likeness (QED) is 0.650. The minimum atomic E-state index is -0.286. The molecule has 4 heteroatoms. The van der Waals surface area contributed by atoms with Gasteiger partial charge >= 0.3 is 0 Å². The highest BCUT2D eigenvalue weighted by Crippen LogP contribution is 2.34. The smallest absolute Gasteiger partial charge is 0.221 e. The molecule has 2 aromatic carbocycles. The zero-order valence-corrected chi connectivity index (χ0v) is 15.5. The number of carbonyl (C=O) groups excluding carboxylic acids is 1. The number of H-pyrrole nitrogens is 1. The van der Waals surface area contributed by atoms with E-state index in [0.717, 1.165) is 28.5 Å². The largest absolute Gasteiger partial charge is 0.361 e. The minimum Gasteiger partial charge on any atom is -0.361 e. The van der Waals surface area contributed by atoms with Gasteiger partial charge in [0, 0.05) is 35.5 Å². The van der Waals surface area contributed by atoms with Crippen molar-refractivity contribution in [3.63, 3.8) is 0 Å². The van der Waals surface area contributed by atoms with Crippen LogP contribution in [-0.2, 0) is 11.2 Å². The molecule has 0 radical (unpaired) electrons. The van der Waals surface area contributed by atoms with E-state index >= 15 is 0 Å². The second-order valence-corrected chi connectivity index (χ2v) is 6.97. The third kappa shape index (κ3) is 3.79. The van der Waals surface area contributed by atoms with Crippen molar-refractivity contribution in [1.82, 2.24) is 10.3 Å². The van der Waals surface area contributed by atoms with Crippen LogP contribution >= 0.6 is 0 Å². The van der Waals surface area contributed by atoms with Gasteiger partial charge in [-0.2, -0.15) is 0 Å². The average molecular weight is 352 g/mol. The Labute approximate surface area is 153 Å². The maximum atomic E-state index is 13.8. The maximum absolute atomic E-state index is 13.8. The molecule has 3 rings (SSSR count). The van der Waals surface area contributed by atoms with Crippen LogP contribution in [0, 0.1) is 5.82 Å². The molecular formula is C22H25FN2O. The fraction of sp³-hybridized carbons (Fsp3) is 0.318. The molecule has 26 heavy (non-hydrogen) atoms. The van der Waals surface area contributed by atoms with E-state index in [0.29, 0.717) is 0 Å². The van der Waals surface area contributed by atoms with Gasteiger partial charge in [-0.15, -0.1) is 0 Å². The van der Waals surface area contributed by atoms with Gasteiger partial charge in [-0.25, -0.2) is 4.39 Å². The van der Waals surface area contributed by atoms with Crippen LogP contribution in [0.5, 0.6) is 0 Å². The number of carbonyl (C=O) groups is 1. The van der Waals surface area contributed by atoms with E-state index in [1.165, 1.54) is 17.7 Å². The fourth-order valence-electron chi connectivity index (χ4n) is 3.52. The van der Waals surface area contributed by atoms with Gasteiger partial charge in [-0.05, 0) is 49.1 Å². The number of fused-ring (bicyclic) bond motifs is 1. The number of hydrogen-bond donors (Lipinski definition) is 2. The highest BCUT2D eigenvalue weighted by molar-refractivity contribution is 5.88. The summed E-state index contributed by atoms with van der Waals surface area (Å²) >= 11 is 0. The molecule has 1 atom stereocenters. The minimum absolute atomic E-state index is 0.0322. The Kier molecular flexibility index (Phi) is 5.40. The molecule has 3 nitrogen and oxygen atoms in total. The normalized spacial score (nSPS) is 12.5. The van der Waals surface area contributed by atoms with E-state index in [4.69, 9.17) is 0 Å². The zero-order valence-electron chi connectivity index (χ0n) is 15.5. The van der Waals surface area contributed by atoms with Gasteiger partial charge in [0.25, 0.3) is 0 Å². The number of hydrogen-bond acceptors (Lipinski definition) is 1. The molecule has 136 valence electrons. The number of para-hydroxylation sites is 1. The second-order valence-electron chi connectivity index (χ2n) is 6.97. The lowest BCUT2D eigenvalue weighted by Gasteiger charge is -2.18. The molecule has 0 aliphatic rings. The van der Waals surface area contributed by atoms with Crippen molar-refractivity contribution in [2.24, 2.45) is 0 Å². The number of amides is 1. The summed E-state index contributed by atoms with van der Waals surface area (Å²) in [6, 6.07) is 12.8. The first-order valence-electron chi connectivity index (χ1n) is 9.13. The molecule has 2 N–H and O–H groups in total. The Hall–Kier alpha value is -2.62. The van der Waals surface area contributed by atoms with E-state index in [2.05, 4.69) is 29.4 Å². The van der Waals surface area contributed by atoms with E-state index < -0.39 is 0 Å². The van der Waals surface area contributed by atoms with E-state index in [1.807, 2.05) is 32.2 Å². The van der Waals surface area contributed by atoms with Gasteiger partial charge in [-0.1, -0.05) is 37.3 Å². The third-order valence-corrected chi connectivity index (χ3v) is 4.68. The molecule has 1 heterocycles. The van der Waals surface area contributed by atoms with Crippen LogP contribution in [0.4, 0.5) is 4.39 Å². The van der Waals surface area contributed by atoms with E-state index in [1.54, 1.807) is 6.07 Å². The SMILES string of the molecule is CCc1cccc2c(C(CC(=O)NC(C)C)c3cccc(F)c3)c[nH]c12. The Bertz CT molecular complexity index is 913. The number of aromatic amines is 1. The van der Waals surface area contributed by atoms with Gasteiger partial charge in [-0.3, -0.25) is 4.79 Å². The standard InChI is InChI=1S/C22H25FN2O/c1-4-15-7-6-10-18-20(13-24-22(15)18)19(12-21(26)25-14(2)3)16-8-5-9-17(23)11-16/h5-11,13-14,19,24H,4,12H2,1-3H3,(H,25,26). The van der Waals surface area contributed by atoms with Crippen LogP contribution in [0.1, 0.15) is 49.8 Å². The number of aryl methyl sites for hydroxylation is 1. The lowest BCUT2D eigenvalue weighted by molar-refractivity contribution is -0.121. The molecule has 0 aliphatic carbocycles. The summed E-state index contributed by atoms with van der Waals surface area (Å²) in [5, 5.41) is 4.04. The number of benzene rings is 2. The molecule has 0 aliphatic heterocycles. The summed E-state index contributed by atoms with van der Waals surface area (Å²) in [6.07, 6.45) is 3.17. The molecule has 0 spiro atoms. The molecule has 1 aromatic heterocycles. The zero-order chi connectivity index (χ0) is 18.7. The second kappa shape index (κ2) is 7.73. The van der Waals surface area contributed by atoms with Crippen molar-refractivity contribution in [1.29, 1.82) is 0 Å². The Morgan fingerprint density at radius 1 is 1.19 bits per heavy atom. The third-order valence-electron chi connectivity index (χ3n) is 4.68. The number of halogens is 1. The van der Waals surface area contributed by atoms with E-state index in [9.17, 15) is 9.18 Å². The van der Waals surface area contributed by atoms with Gasteiger partial charge in [0.1, 0.15) is 5.82 Å². The van der Waals surface area contributed by atoms with Crippen LogP contribution in [0.3, 0.4) is 0 Å². The summed E-state index contributed by atoms with van der Waals surface area (Å²) < 4.78 is 13.8. The predicted octanol–water partition coefficient (Wildman–Crippen LogP) is 4.92. The van der Waals surface area contributed by atoms with E-state index in [-0.39, 0.29) is 30.1 Å². The van der Waals surface area contributed by atoms with Gasteiger partial charge in [0.15, 0.2) is 0 Å². The molecule has 3 aromatic rings. The molecule has 0 fully saturated rings. The van der Waals surface area contributed by atoms with Gasteiger partial charge in [0.2, 0.25) is 5.91 Å². The fourth-order valence-corrected chi connectivity index (χ4v) is 3.52. The highest BCUT2D eigenvalue weighted by atomic mass is 19.1. The Morgan fingerprint density at radius 2 is 1.96 bits per heavy atom. The molecule has 1 unspecified atom stereocenters. The number of rotatable bonds is 6. The summed E-state index contributed by atoms with van der Waals surface area (Å²) in [6.45, 7) is 6.00. The van der Waals surface area contributed by atoms with Crippen LogP contribution in [0.15, 0.2) is 48.7 Å². The van der Waals surface area contributed by atoms with Crippen molar-refractivity contribution in [3.8, 4) is 0 Å². The first-order valence-corrected chi connectivity index (χ1v) is 9.13. The number of nitrogens with one attached hydrogen (secondary N) is 2. The van der Waals surface area contributed by atoms with Crippen molar-refractivity contribution in [2.75, 3.05) is 0 Å². The lowest BCUT2D eigenvalue weighted by atomic mass is 9.87. The van der Waals surface area contributed by atoms with Crippen LogP contribution < -0.4 is 5.32 Å². The Balaban J connectivity index is 2.07. The summed E-state index contributed by atoms with van der Waals surface area (Å²) in [4.78, 5) is 15.8. The van der Waals surface area contributed by atoms with Crippen molar-refractivity contribution in [2.45, 2.75) is 45.6 Å². The summed E-state index contributed by atoms with van der Waals surface area (Å²) in [5.41, 5.74) is 4.17. The van der Waals surface area contributed by atoms with Crippen molar-refractivity contribution < 1.29 is 9.18 Å². The Morgan fingerprint density at radius 3 is 2.65 bits per heavy atom. The molecule has 0 saturated carbocycles. The van der Waals surface area contributed by atoms with Crippen molar-refractivity contribution >= 4 is 16.8 Å². The maximum Gasteiger partial charge on any atom is 0.221 e. The van der Waals surface area contributed by atoms with Gasteiger partial charge in [0.05, 0.1) is 0 Å². The summed E-state index contributed by atoms with van der Waals surface area (Å²) in [5.74, 6) is -0.522. The summed E-state index contributed by atoms with van der Waals surface area (Å²) in [7, 11) is 0. The average Bonchev–Trinajstić information content (AvgIpc) is 3.03. The number of aromatic nitrogens is 1. The van der Waals surface area contributed by atoms with Crippen LogP contribution in [0.25, 0.3) is 10.9 Å². The van der Waals surface area contributed by atoms with Crippen LogP contribution in [0.2, 0.25) is 0 Å². The highest BCUT2D eigenvalue weighted by Gasteiger charge is 2.22. The molecule has 0 saturated heterocycles.